The number of esters is 1. The molecular formula is C21H24FN3O3. The van der Waals surface area contributed by atoms with Gasteiger partial charge in [0.1, 0.15) is 11.9 Å². The van der Waals surface area contributed by atoms with Crippen molar-refractivity contribution in [1.82, 2.24) is 9.80 Å². The maximum Gasteiger partial charge on any atom is 0.327 e. The van der Waals surface area contributed by atoms with E-state index in [4.69, 9.17) is 4.74 Å². The molecule has 6 nitrogen and oxygen atoms in total. The van der Waals surface area contributed by atoms with Crippen molar-refractivity contribution in [3.63, 3.8) is 0 Å². The lowest BCUT2D eigenvalue weighted by Gasteiger charge is -2.38. The van der Waals surface area contributed by atoms with E-state index in [9.17, 15) is 14.0 Å². The van der Waals surface area contributed by atoms with Crippen LogP contribution in [0.3, 0.4) is 0 Å². The second kappa shape index (κ2) is 8.84. The van der Waals surface area contributed by atoms with E-state index in [0.717, 1.165) is 11.3 Å². The number of benzene rings is 2. The first-order chi connectivity index (χ1) is 13.5. The van der Waals surface area contributed by atoms with Gasteiger partial charge in [-0.3, -0.25) is 4.90 Å². The molecule has 1 aliphatic rings. The number of amides is 2. The molecule has 1 atom stereocenters. The Hall–Kier alpha value is -2.93. The Morgan fingerprint density at radius 3 is 2.36 bits per heavy atom. The summed E-state index contributed by atoms with van der Waals surface area (Å²) < 4.78 is 18.2. The van der Waals surface area contributed by atoms with Gasteiger partial charge in [-0.1, -0.05) is 24.3 Å². The minimum atomic E-state index is -0.618. The van der Waals surface area contributed by atoms with Gasteiger partial charge in [0.05, 0.1) is 7.11 Å². The number of aryl methyl sites for hydroxylation is 1. The zero-order valence-corrected chi connectivity index (χ0v) is 16.0. The first-order valence-electron chi connectivity index (χ1n) is 9.18. The highest BCUT2D eigenvalue weighted by Gasteiger charge is 2.32. The van der Waals surface area contributed by atoms with Crippen LogP contribution in [0, 0.1) is 12.7 Å². The number of hydrogen-bond donors (Lipinski definition) is 1. The number of nitrogens with one attached hydrogen (secondary N) is 1. The summed E-state index contributed by atoms with van der Waals surface area (Å²) in [6.45, 7) is 3.95. The highest BCUT2D eigenvalue weighted by Crippen LogP contribution is 2.24. The summed E-state index contributed by atoms with van der Waals surface area (Å²) in [5, 5.41) is 2.90. The molecule has 1 heterocycles. The lowest BCUT2D eigenvalue weighted by molar-refractivity contribution is -0.148. The van der Waals surface area contributed by atoms with Crippen LogP contribution in [-0.2, 0) is 9.53 Å². The van der Waals surface area contributed by atoms with Crippen molar-refractivity contribution in [2.24, 2.45) is 0 Å². The predicted molar refractivity (Wildman–Crippen MR) is 105 cm³/mol. The first kappa shape index (κ1) is 19.8. The van der Waals surface area contributed by atoms with Crippen LogP contribution in [0.25, 0.3) is 0 Å². The average molecular weight is 385 g/mol. The minimum Gasteiger partial charge on any atom is -0.468 e. The molecule has 1 N–H and O–H groups in total. The Kier molecular flexibility index (Phi) is 6.26. The van der Waals surface area contributed by atoms with Gasteiger partial charge < -0.3 is 15.0 Å². The molecule has 3 rings (SSSR count). The molecule has 148 valence electrons. The summed E-state index contributed by atoms with van der Waals surface area (Å²) >= 11 is 0. The van der Waals surface area contributed by atoms with E-state index in [1.807, 2.05) is 36.1 Å². The van der Waals surface area contributed by atoms with Crippen LogP contribution >= 0.6 is 0 Å². The molecule has 28 heavy (non-hydrogen) atoms. The van der Waals surface area contributed by atoms with Crippen molar-refractivity contribution in [2.45, 2.75) is 13.0 Å². The van der Waals surface area contributed by atoms with E-state index in [-0.39, 0.29) is 11.8 Å². The molecule has 1 saturated heterocycles. The number of carbonyl (C=O) groups excluding carboxylic acids is 2. The van der Waals surface area contributed by atoms with Gasteiger partial charge in [0, 0.05) is 31.9 Å². The number of carbonyl (C=O) groups is 2. The van der Waals surface area contributed by atoms with Crippen molar-refractivity contribution in [3.8, 4) is 0 Å². The van der Waals surface area contributed by atoms with Gasteiger partial charge >= 0.3 is 12.0 Å². The van der Waals surface area contributed by atoms with Gasteiger partial charge in [0.2, 0.25) is 0 Å². The van der Waals surface area contributed by atoms with Gasteiger partial charge in [-0.2, -0.15) is 0 Å². The van der Waals surface area contributed by atoms with E-state index >= 15 is 0 Å². The summed E-state index contributed by atoms with van der Waals surface area (Å²) in [4.78, 5) is 28.5. The van der Waals surface area contributed by atoms with Gasteiger partial charge in [-0.05, 0) is 42.3 Å². The molecule has 1 fully saturated rings. The maximum absolute atomic E-state index is 13.2. The van der Waals surface area contributed by atoms with Crippen LogP contribution in [0.5, 0.6) is 0 Å². The summed E-state index contributed by atoms with van der Waals surface area (Å²) in [6, 6.07) is 12.7. The Balaban J connectivity index is 1.64. The minimum absolute atomic E-state index is 0.165. The summed E-state index contributed by atoms with van der Waals surface area (Å²) in [5.41, 5.74) is 2.50. The third-order valence-electron chi connectivity index (χ3n) is 4.85. The maximum atomic E-state index is 13.2. The Labute approximate surface area is 163 Å². The summed E-state index contributed by atoms with van der Waals surface area (Å²) in [7, 11) is 1.34. The van der Waals surface area contributed by atoms with Gasteiger partial charge in [-0.15, -0.1) is 0 Å². The molecule has 0 saturated carbocycles. The normalized spacial score (nSPS) is 15.8. The summed E-state index contributed by atoms with van der Waals surface area (Å²) in [5.74, 6) is -0.755. The molecule has 7 heteroatoms. The molecule has 0 unspecified atom stereocenters. The lowest BCUT2D eigenvalue weighted by Crippen LogP contribution is -2.52. The van der Waals surface area contributed by atoms with Crippen LogP contribution in [0.4, 0.5) is 14.9 Å². The molecule has 2 aromatic rings. The molecule has 2 aromatic carbocycles. The fourth-order valence-corrected chi connectivity index (χ4v) is 3.36. The van der Waals surface area contributed by atoms with Crippen LogP contribution in [0.1, 0.15) is 17.2 Å². The molecule has 0 bridgehead atoms. The second-order valence-electron chi connectivity index (χ2n) is 6.80. The largest absolute Gasteiger partial charge is 0.468 e. The highest BCUT2D eigenvalue weighted by molar-refractivity contribution is 5.89. The lowest BCUT2D eigenvalue weighted by atomic mass is 10.0. The molecule has 0 aliphatic carbocycles. The van der Waals surface area contributed by atoms with Crippen LogP contribution in [-0.4, -0.2) is 55.1 Å². The number of methoxy groups -OCH3 is 1. The van der Waals surface area contributed by atoms with Crippen LogP contribution in [0.15, 0.2) is 48.5 Å². The zero-order valence-electron chi connectivity index (χ0n) is 16.0. The summed E-state index contributed by atoms with van der Waals surface area (Å²) in [6.07, 6.45) is 0. The van der Waals surface area contributed by atoms with Crippen molar-refractivity contribution in [1.29, 1.82) is 0 Å². The standard InChI is InChI=1S/C21H24FN3O3/c1-15-4-3-5-18(14-15)23-21(27)25-12-10-24(11-13-25)19(20(26)28-2)16-6-8-17(22)9-7-16/h3-9,14,19H,10-13H2,1-2H3,(H,23,27)/t19-/m0/s1. The van der Waals surface area contributed by atoms with E-state index in [1.54, 1.807) is 17.0 Å². The van der Waals surface area contributed by atoms with Crippen LogP contribution < -0.4 is 5.32 Å². The van der Waals surface area contributed by atoms with E-state index in [2.05, 4.69) is 5.32 Å². The van der Waals surface area contributed by atoms with Crippen molar-refractivity contribution in [2.75, 3.05) is 38.6 Å². The highest BCUT2D eigenvalue weighted by atomic mass is 19.1. The fraction of sp³-hybridized carbons (Fsp3) is 0.333. The monoisotopic (exact) mass is 385 g/mol. The molecular weight excluding hydrogens is 361 g/mol. The van der Waals surface area contributed by atoms with Crippen molar-refractivity contribution < 1.29 is 18.7 Å². The number of piperazine rings is 1. The fourth-order valence-electron chi connectivity index (χ4n) is 3.36. The topological polar surface area (TPSA) is 61.9 Å². The van der Waals surface area contributed by atoms with Gasteiger partial charge in [0.25, 0.3) is 0 Å². The van der Waals surface area contributed by atoms with Crippen molar-refractivity contribution >= 4 is 17.7 Å². The van der Waals surface area contributed by atoms with Gasteiger partial charge in [-0.25, -0.2) is 14.0 Å². The number of urea groups is 1. The third-order valence-corrected chi connectivity index (χ3v) is 4.85. The van der Waals surface area contributed by atoms with E-state index in [1.165, 1.54) is 19.2 Å². The van der Waals surface area contributed by atoms with E-state index in [0.29, 0.717) is 31.7 Å². The van der Waals surface area contributed by atoms with Crippen molar-refractivity contribution in [3.05, 3.63) is 65.5 Å². The number of halogens is 1. The average Bonchev–Trinajstić information content (AvgIpc) is 2.70. The number of anilines is 1. The number of nitrogens with zero attached hydrogens (tertiary/aromatic N) is 2. The SMILES string of the molecule is COC(=O)[C@H](c1ccc(F)cc1)N1CCN(C(=O)Nc2cccc(C)c2)CC1. The number of ether oxygens (including phenoxy) is 1. The molecule has 0 aromatic heterocycles. The van der Waals surface area contributed by atoms with Crippen LogP contribution in [0.2, 0.25) is 0 Å². The van der Waals surface area contributed by atoms with E-state index < -0.39 is 12.0 Å². The molecule has 1 aliphatic heterocycles. The Bertz CT molecular complexity index is 833. The first-order valence-corrected chi connectivity index (χ1v) is 9.18. The molecule has 2 amide bonds. The zero-order chi connectivity index (χ0) is 20.1. The smallest absolute Gasteiger partial charge is 0.327 e. The third kappa shape index (κ3) is 4.67. The Morgan fingerprint density at radius 2 is 1.75 bits per heavy atom. The molecule has 0 radical (unpaired) electrons. The number of rotatable bonds is 4. The second-order valence-corrected chi connectivity index (χ2v) is 6.80. The van der Waals surface area contributed by atoms with Gasteiger partial charge in [0.15, 0.2) is 0 Å². The Morgan fingerprint density at radius 1 is 1.07 bits per heavy atom. The quantitative estimate of drug-likeness (QED) is 0.821. The molecule has 0 spiro atoms. The predicted octanol–water partition coefficient (Wildman–Crippen LogP) is 3.20. The number of hydrogen-bond acceptors (Lipinski definition) is 4.